The summed E-state index contributed by atoms with van der Waals surface area (Å²) >= 11 is 0. The fraction of sp³-hybridized carbons (Fsp3) is 0.217. The van der Waals surface area contributed by atoms with E-state index in [9.17, 15) is 8.78 Å². The first-order valence-electron chi connectivity index (χ1n) is 8.84. The van der Waals surface area contributed by atoms with Crippen LogP contribution in [0.1, 0.15) is 40.5 Å². The van der Waals surface area contributed by atoms with Crippen molar-refractivity contribution < 1.29 is 13.5 Å². The molecule has 0 fully saturated rings. The lowest BCUT2D eigenvalue weighted by Crippen LogP contribution is -2.21. The van der Waals surface area contributed by atoms with Crippen LogP contribution in [0.15, 0.2) is 66.7 Å². The number of ether oxygens (including phenoxy) is 1. The van der Waals surface area contributed by atoms with E-state index < -0.39 is 5.82 Å². The van der Waals surface area contributed by atoms with Gasteiger partial charge < -0.3 is 4.74 Å². The van der Waals surface area contributed by atoms with Crippen molar-refractivity contribution in [1.29, 1.82) is 0 Å². The van der Waals surface area contributed by atoms with Crippen LogP contribution in [0.2, 0.25) is 0 Å². The molecule has 0 N–H and O–H groups in total. The van der Waals surface area contributed by atoms with Crippen molar-refractivity contribution in [3.8, 4) is 5.75 Å². The van der Waals surface area contributed by atoms with Gasteiger partial charge in [0.15, 0.2) is 0 Å². The van der Waals surface area contributed by atoms with E-state index in [0.717, 1.165) is 24.2 Å². The van der Waals surface area contributed by atoms with E-state index in [-0.39, 0.29) is 17.7 Å². The highest BCUT2D eigenvalue weighted by Gasteiger charge is 2.33. The maximum absolute atomic E-state index is 14.6. The highest BCUT2D eigenvalue weighted by atomic mass is 19.1. The standard InChI is InChI=1S/C23H20F2O/c1-26-18-10-6-16(7-11-18)23-19-5-3-2-4-15(19)8-12-20(23)21-14-17(24)9-13-22(21)25/h2-7,9-11,13-14,20,23H,8,12H2,1H3/t20-,23+/m0/s1. The molecule has 0 saturated heterocycles. The minimum atomic E-state index is -0.395. The van der Waals surface area contributed by atoms with Gasteiger partial charge in [-0.3, -0.25) is 0 Å². The van der Waals surface area contributed by atoms with Gasteiger partial charge in [-0.15, -0.1) is 0 Å². The molecular weight excluding hydrogens is 330 g/mol. The molecule has 4 rings (SSSR count). The van der Waals surface area contributed by atoms with Crippen LogP contribution in [0.3, 0.4) is 0 Å². The lowest BCUT2D eigenvalue weighted by molar-refractivity contribution is 0.414. The summed E-state index contributed by atoms with van der Waals surface area (Å²) in [6, 6.07) is 19.9. The fourth-order valence-corrected chi connectivity index (χ4v) is 4.12. The summed E-state index contributed by atoms with van der Waals surface area (Å²) < 4.78 is 33.7. The molecule has 0 radical (unpaired) electrons. The average Bonchev–Trinajstić information content (AvgIpc) is 2.69. The van der Waals surface area contributed by atoms with Crippen LogP contribution in [-0.4, -0.2) is 7.11 Å². The van der Waals surface area contributed by atoms with Gasteiger partial charge >= 0.3 is 0 Å². The highest BCUT2D eigenvalue weighted by Crippen LogP contribution is 2.47. The Hall–Kier alpha value is -2.68. The third-order valence-corrected chi connectivity index (χ3v) is 5.35. The molecule has 26 heavy (non-hydrogen) atoms. The van der Waals surface area contributed by atoms with E-state index in [1.807, 2.05) is 36.4 Å². The predicted octanol–water partition coefficient (Wildman–Crippen LogP) is 5.84. The number of aryl methyl sites for hydroxylation is 1. The fourth-order valence-electron chi connectivity index (χ4n) is 4.12. The summed E-state index contributed by atoms with van der Waals surface area (Å²) in [7, 11) is 1.63. The third-order valence-electron chi connectivity index (χ3n) is 5.35. The molecule has 2 atom stereocenters. The minimum Gasteiger partial charge on any atom is -0.497 e. The van der Waals surface area contributed by atoms with Gasteiger partial charge in [0.25, 0.3) is 0 Å². The van der Waals surface area contributed by atoms with E-state index in [0.29, 0.717) is 5.56 Å². The van der Waals surface area contributed by atoms with Crippen molar-refractivity contribution in [3.05, 3.63) is 101 Å². The second-order valence-corrected chi connectivity index (χ2v) is 6.76. The van der Waals surface area contributed by atoms with Crippen LogP contribution in [0.25, 0.3) is 0 Å². The Kier molecular flexibility index (Phi) is 4.46. The van der Waals surface area contributed by atoms with E-state index >= 15 is 0 Å². The van der Waals surface area contributed by atoms with E-state index in [4.69, 9.17) is 4.74 Å². The summed E-state index contributed by atoms with van der Waals surface area (Å²) in [5.74, 6) is -0.0643. The Morgan fingerprint density at radius 1 is 0.885 bits per heavy atom. The number of fused-ring (bicyclic) bond motifs is 1. The van der Waals surface area contributed by atoms with Crippen molar-refractivity contribution in [2.45, 2.75) is 24.7 Å². The Morgan fingerprint density at radius 3 is 2.42 bits per heavy atom. The van der Waals surface area contributed by atoms with Crippen molar-refractivity contribution >= 4 is 0 Å². The summed E-state index contributed by atoms with van der Waals surface area (Å²) in [6.07, 6.45) is 1.65. The van der Waals surface area contributed by atoms with Crippen LogP contribution in [0.5, 0.6) is 5.75 Å². The first-order chi connectivity index (χ1) is 12.7. The second kappa shape index (κ2) is 6.91. The quantitative estimate of drug-likeness (QED) is 0.577. The summed E-state index contributed by atoms with van der Waals surface area (Å²) in [6.45, 7) is 0. The number of hydrogen-bond acceptors (Lipinski definition) is 1. The molecule has 3 heteroatoms. The van der Waals surface area contributed by atoms with Crippen molar-refractivity contribution in [3.63, 3.8) is 0 Å². The van der Waals surface area contributed by atoms with Crippen LogP contribution >= 0.6 is 0 Å². The van der Waals surface area contributed by atoms with Gasteiger partial charge in [-0.25, -0.2) is 8.78 Å². The van der Waals surface area contributed by atoms with Gasteiger partial charge in [0.05, 0.1) is 7.11 Å². The maximum atomic E-state index is 14.6. The molecule has 1 aliphatic rings. The third kappa shape index (κ3) is 2.98. The first-order valence-corrected chi connectivity index (χ1v) is 8.84. The molecule has 3 aromatic carbocycles. The van der Waals surface area contributed by atoms with E-state index in [2.05, 4.69) is 12.1 Å². The second-order valence-electron chi connectivity index (χ2n) is 6.76. The molecule has 0 aliphatic heterocycles. The lowest BCUT2D eigenvalue weighted by Gasteiger charge is -2.35. The number of halogens is 2. The zero-order chi connectivity index (χ0) is 18.1. The molecule has 0 amide bonds. The SMILES string of the molecule is COc1ccc([C@@H]2c3ccccc3CC[C@H]2c2cc(F)ccc2F)cc1. The first kappa shape index (κ1) is 16.8. The number of rotatable bonds is 3. The predicted molar refractivity (Wildman–Crippen MR) is 98.7 cm³/mol. The van der Waals surface area contributed by atoms with Crippen LogP contribution in [0.4, 0.5) is 8.78 Å². The van der Waals surface area contributed by atoms with Gasteiger partial charge in [-0.1, -0.05) is 36.4 Å². The van der Waals surface area contributed by atoms with Crippen LogP contribution in [-0.2, 0) is 6.42 Å². The summed E-state index contributed by atoms with van der Waals surface area (Å²) in [4.78, 5) is 0. The Morgan fingerprint density at radius 2 is 1.65 bits per heavy atom. The smallest absolute Gasteiger partial charge is 0.126 e. The van der Waals surface area contributed by atoms with Gasteiger partial charge in [0, 0.05) is 5.92 Å². The van der Waals surface area contributed by atoms with Crippen molar-refractivity contribution in [2.24, 2.45) is 0 Å². The average molecular weight is 350 g/mol. The van der Waals surface area contributed by atoms with Crippen LogP contribution in [0, 0.1) is 11.6 Å². The molecule has 0 spiro atoms. The highest BCUT2D eigenvalue weighted by molar-refractivity contribution is 5.46. The number of hydrogen-bond donors (Lipinski definition) is 0. The zero-order valence-corrected chi connectivity index (χ0v) is 14.6. The lowest BCUT2D eigenvalue weighted by atomic mass is 9.69. The molecule has 0 heterocycles. The Balaban J connectivity index is 1.86. The molecule has 0 bridgehead atoms. The maximum Gasteiger partial charge on any atom is 0.126 e. The molecule has 1 aliphatic carbocycles. The topological polar surface area (TPSA) is 9.23 Å². The number of methoxy groups -OCH3 is 1. The molecule has 1 nitrogen and oxygen atoms in total. The normalized spacial score (nSPS) is 19.0. The Bertz CT molecular complexity index is 918. The summed E-state index contributed by atoms with van der Waals surface area (Å²) in [5, 5.41) is 0. The van der Waals surface area contributed by atoms with Gasteiger partial charge in [0.1, 0.15) is 17.4 Å². The monoisotopic (exact) mass is 350 g/mol. The van der Waals surface area contributed by atoms with Crippen LogP contribution < -0.4 is 4.74 Å². The minimum absolute atomic E-state index is 0.0119. The van der Waals surface area contributed by atoms with Gasteiger partial charge in [0.2, 0.25) is 0 Å². The molecule has 0 aromatic heterocycles. The van der Waals surface area contributed by atoms with E-state index in [1.165, 1.54) is 29.3 Å². The molecule has 0 unspecified atom stereocenters. The number of benzene rings is 3. The molecular formula is C23H20F2O. The largest absolute Gasteiger partial charge is 0.497 e. The van der Waals surface area contributed by atoms with Crippen molar-refractivity contribution in [2.75, 3.05) is 7.11 Å². The zero-order valence-electron chi connectivity index (χ0n) is 14.6. The molecule has 132 valence electrons. The van der Waals surface area contributed by atoms with Gasteiger partial charge in [-0.05, 0) is 71.3 Å². The summed E-state index contributed by atoms with van der Waals surface area (Å²) in [5.41, 5.74) is 4.02. The van der Waals surface area contributed by atoms with E-state index in [1.54, 1.807) is 7.11 Å². The molecule has 0 saturated carbocycles. The Labute approximate surface area is 152 Å². The van der Waals surface area contributed by atoms with Crippen molar-refractivity contribution in [1.82, 2.24) is 0 Å². The van der Waals surface area contributed by atoms with Gasteiger partial charge in [-0.2, -0.15) is 0 Å². The molecule has 3 aromatic rings.